The van der Waals surface area contributed by atoms with Crippen LogP contribution in [-0.2, 0) is 9.53 Å². The summed E-state index contributed by atoms with van der Waals surface area (Å²) in [6, 6.07) is 15.7. The molecule has 0 atom stereocenters. The maximum atomic E-state index is 12.5. The Hall–Kier alpha value is -2.69. The molecule has 34 heavy (non-hydrogen) atoms. The van der Waals surface area contributed by atoms with Gasteiger partial charge in [-0.1, -0.05) is 29.3 Å². The van der Waals surface area contributed by atoms with Crippen molar-refractivity contribution in [2.24, 2.45) is 4.99 Å². The first kappa shape index (κ1) is 24.4. The summed E-state index contributed by atoms with van der Waals surface area (Å²) < 4.78 is 18.1. The third-order valence-corrected chi connectivity index (χ3v) is 7.44. The fourth-order valence-electron chi connectivity index (χ4n) is 3.08. The van der Waals surface area contributed by atoms with Gasteiger partial charge in [-0.15, -0.1) is 0 Å². The number of benzene rings is 3. The summed E-state index contributed by atoms with van der Waals surface area (Å²) in [5.74, 6) is -0.635. The van der Waals surface area contributed by atoms with Crippen LogP contribution in [0.2, 0.25) is 5.02 Å². The monoisotopic (exact) mass is 651 g/mol. The van der Waals surface area contributed by atoms with Crippen LogP contribution in [0.5, 0.6) is 11.5 Å². The van der Waals surface area contributed by atoms with Gasteiger partial charge in [-0.3, -0.25) is 0 Å². The number of aliphatic imine (C=N–C) groups is 1. The highest BCUT2D eigenvalue weighted by atomic mass is 127. The molecule has 0 saturated heterocycles. The summed E-state index contributed by atoms with van der Waals surface area (Å²) in [6.07, 6.45) is 1.52. The molecule has 0 fully saturated rings. The highest BCUT2D eigenvalue weighted by Gasteiger charge is 2.25. The molecule has 0 amide bonds. The number of carbonyl (C=O) groups is 2. The molecule has 0 saturated carbocycles. The number of halogens is 3. The van der Waals surface area contributed by atoms with Gasteiger partial charge in [0.05, 0.1) is 17.7 Å². The van der Waals surface area contributed by atoms with Gasteiger partial charge in [0.1, 0.15) is 0 Å². The number of carbonyl (C=O) groups excluding carboxylic acids is 2. The Morgan fingerprint density at radius 3 is 2.56 bits per heavy atom. The number of rotatable bonds is 5. The molecule has 172 valence electrons. The molecular formula is C25H16BrClINO5. The molecule has 6 nitrogen and oxygen atoms in total. The fraction of sp³-hybridized carbons (Fsp3) is 0.0800. The zero-order chi connectivity index (χ0) is 24.4. The minimum absolute atomic E-state index is 0.0822. The third kappa shape index (κ3) is 5.34. The molecule has 0 radical (unpaired) electrons. The molecule has 4 rings (SSSR count). The van der Waals surface area contributed by atoms with Gasteiger partial charge in [0.25, 0.3) is 0 Å². The van der Waals surface area contributed by atoms with E-state index in [4.69, 9.17) is 25.8 Å². The van der Waals surface area contributed by atoms with Crippen LogP contribution in [0.4, 0.5) is 0 Å². The van der Waals surface area contributed by atoms with Crippen molar-refractivity contribution in [2.45, 2.75) is 6.92 Å². The first-order valence-corrected chi connectivity index (χ1v) is 12.1. The zero-order valence-corrected chi connectivity index (χ0v) is 22.4. The normalized spacial score (nSPS) is 14.1. The van der Waals surface area contributed by atoms with Gasteiger partial charge in [-0.2, -0.15) is 0 Å². The third-order valence-electron chi connectivity index (χ3n) is 4.82. The van der Waals surface area contributed by atoms with E-state index in [1.54, 1.807) is 24.3 Å². The first-order chi connectivity index (χ1) is 16.2. The van der Waals surface area contributed by atoms with Crippen LogP contribution in [0, 0.1) is 10.5 Å². The predicted molar refractivity (Wildman–Crippen MR) is 142 cm³/mol. The van der Waals surface area contributed by atoms with Crippen molar-refractivity contribution < 1.29 is 23.8 Å². The van der Waals surface area contributed by atoms with Gasteiger partial charge in [0.2, 0.25) is 5.90 Å². The van der Waals surface area contributed by atoms with E-state index in [1.165, 1.54) is 13.2 Å². The minimum Gasteiger partial charge on any atom is -0.493 e. The minimum atomic E-state index is -0.588. The second-order valence-corrected chi connectivity index (χ2v) is 9.68. The summed E-state index contributed by atoms with van der Waals surface area (Å²) >= 11 is 12.1. The van der Waals surface area contributed by atoms with Crippen LogP contribution in [0.3, 0.4) is 0 Å². The Morgan fingerprint density at radius 2 is 1.88 bits per heavy atom. The maximum Gasteiger partial charge on any atom is 0.363 e. The lowest BCUT2D eigenvalue weighted by molar-refractivity contribution is -0.129. The van der Waals surface area contributed by atoms with E-state index in [0.717, 1.165) is 13.6 Å². The molecular weight excluding hydrogens is 637 g/mol. The Balaban J connectivity index is 1.62. The molecule has 3 aromatic rings. The van der Waals surface area contributed by atoms with Crippen molar-refractivity contribution in [3.05, 3.63) is 95.6 Å². The molecule has 0 spiro atoms. The van der Waals surface area contributed by atoms with E-state index in [2.05, 4.69) is 43.5 Å². The average Bonchev–Trinajstić information content (AvgIpc) is 3.17. The van der Waals surface area contributed by atoms with Crippen molar-refractivity contribution in [3.8, 4) is 11.5 Å². The second-order valence-electron chi connectivity index (χ2n) is 7.25. The van der Waals surface area contributed by atoms with Crippen molar-refractivity contribution >= 4 is 74.0 Å². The van der Waals surface area contributed by atoms with Crippen molar-refractivity contribution in [3.63, 3.8) is 0 Å². The highest BCUT2D eigenvalue weighted by molar-refractivity contribution is 14.1. The molecule has 0 aromatic heterocycles. The lowest BCUT2D eigenvalue weighted by Crippen LogP contribution is -2.09. The molecule has 9 heteroatoms. The Morgan fingerprint density at radius 1 is 1.15 bits per heavy atom. The zero-order valence-electron chi connectivity index (χ0n) is 17.9. The number of methoxy groups -OCH3 is 1. The van der Waals surface area contributed by atoms with E-state index in [-0.39, 0.29) is 28.1 Å². The summed E-state index contributed by atoms with van der Waals surface area (Å²) in [5.41, 5.74) is 2.70. The predicted octanol–water partition coefficient (Wildman–Crippen LogP) is 6.59. The number of hydrogen-bond acceptors (Lipinski definition) is 6. The number of hydrogen-bond donors (Lipinski definition) is 0. The van der Waals surface area contributed by atoms with Crippen molar-refractivity contribution in [1.29, 1.82) is 0 Å². The number of aryl methyl sites for hydroxylation is 1. The van der Waals surface area contributed by atoms with Gasteiger partial charge in [-0.25, -0.2) is 14.6 Å². The van der Waals surface area contributed by atoms with Crippen LogP contribution in [0.25, 0.3) is 6.08 Å². The summed E-state index contributed by atoms with van der Waals surface area (Å²) in [5, 5.41) is 0.142. The summed E-state index contributed by atoms with van der Waals surface area (Å²) in [7, 11) is 1.43. The topological polar surface area (TPSA) is 74.2 Å². The quantitative estimate of drug-likeness (QED) is 0.135. The Bertz CT molecular complexity index is 1370. The van der Waals surface area contributed by atoms with E-state index >= 15 is 0 Å². The molecule has 0 aliphatic carbocycles. The molecule has 3 aromatic carbocycles. The number of cyclic esters (lactones) is 1. The average molecular weight is 653 g/mol. The van der Waals surface area contributed by atoms with Crippen molar-refractivity contribution in [2.75, 3.05) is 7.11 Å². The van der Waals surface area contributed by atoms with Crippen LogP contribution >= 0.6 is 50.1 Å². The fourth-order valence-corrected chi connectivity index (χ4v) is 4.06. The smallest absolute Gasteiger partial charge is 0.363 e. The SMILES string of the molecule is COc1cc(/C=C2\N=C(c3ccc(I)c(Br)c3)OC2=O)cc(Cl)c1OC(=O)c1ccc(C)cc1. The molecule has 0 unspecified atom stereocenters. The molecule has 1 heterocycles. The van der Waals surface area contributed by atoms with Gasteiger partial charge < -0.3 is 14.2 Å². The summed E-state index contributed by atoms with van der Waals surface area (Å²) in [4.78, 5) is 29.3. The van der Waals surface area contributed by atoms with Gasteiger partial charge >= 0.3 is 11.9 Å². The number of esters is 2. The van der Waals surface area contributed by atoms with E-state index in [9.17, 15) is 9.59 Å². The van der Waals surface area contributed by atoms with Crippen LogP contribution in [0.15, 0.2) is 69.8 Å². The molecule has 0 N–H and O–H groups in total. The van der Waals surface area contributed by atoms with Crippen LogP contribution < -0.4 is 9.47 Å². The summed E-state index contributed by atoms with van der Waals surface area (Å²) in [6.45, 7) is 1.93. The van der Waals surface area contributed by atoms with Gasteiger partial charge in [0.15, 0.2) is 17.2 Å². The standard InChI is InChI=1S/C25H16BrClINO5/c1-13-3-5-15(6-4-13)24(30)33-22-18(27)9-14(11-21(22)32-2)10-20-25(31)34-23(29-20)16-7-8-19(28)17(26)12-16/h3-12H,1-2H3/b20-10-. The lowest BCUT2D eigenvalue weighted by atomic mass is 10.1. The second kappa shape index (κ2) is 10.3. The molecule has 1 aliphatic heterocycles. The lowest BCUT2D eigenvalue weighted by Gasteiger charge is -2.12. The highest BCUT2D eigenvalue weighted by Crippen LogP contribution is 2.38. The van der Waals surface area contributed by atoms with Crippen LogP contribution in [0.1, 0.15) is 27.0 Å². The van der Waals surface area contributed by atoms with Crippen LogP contribution in [-0.4, -0.2) is 24.9 Å². The number of ether oxygens (including phenoxy) is 3. The maximum absolute atomic E-state index is 12.5. The Labute approximate surface area is 222 Å². The first-order valence-electron chi connectivity index (χ1n) is 9.89. The molecule has 1 aliphatic rings. The number of nitrogens with zero attached hydrogens (tertiary/aromatic N) is 1. The van der Waals surface area contributed by atoms with Crippen molar-refractivity contribution in [1.82, 2.24) is 0 Å². The van der Waals surface area contributed by atoms with E-state index < -0.39 is 11.9 Å². The molecule has 0 bridgehead atoms. The van der Waals surface area contributed by atoms with E-state index in [0.29, 0.717) is 16.7 Å². The Kier molecular flexibility index (Phi) is 7.39. The van der Waals surface area contributed by atoms with Gasteiger partial charge in [-0.05, 0) is 99.5 Å². The van der Waals surface area contributed by atoms with E-state index in [1.807, 2.05) is 37.3 Å². The van der Waals surface area contributed by atoms with Gasteiger partial charge in [0, 0.05) is 13.6 Å². The largest absolute Gasteiger partial charge is 0.493 e.